The molecule has 2 N–H and O–H groups in total. The summed E-state index contributed by atoms with van der Waals surface area (Å²) >= 11 is 2.98. The van der Waals surface area contributed by atoms with Gasteiger partial charge in [0.05, 0.1) is 9.40 Å². The minimum atomic E-state index is -0.498. The van der Waals surface area contributed by atoms with Crippen LogP contribution in [0.3, 0.4) is 0 Å². The van der Waals surface area contributed by atoms with E-state index in [1.807, 2.05) is 4.90 Å². The zero-order valence-electron chi connectivity index (χ0n) is 10.3. The van der Waals surface area contributed by atoms with Gasteiger partial charge in [0.1, 0.15) is 11.5 Å². The Labute approximate surface area is 118 Å². The predicted octanol–water partition coefficient (Wildman–Crippen LogP) is 2.81. The van der Waals surface area contributed by atoms with Crippen molar-refractivity contribution in [1.29, 1.82) is 0 Å². The number of benzene rings is 1. The van der Waals surface area contributed by atoms with Gasteiger partial charge in [-0.3, -0.25) is 10.1 Å². The minimum absolute atomic E-state index is 0.0352. The molecule has 0 aromatic heterocycles. The van der Waals surface area contributed by atoms with E-state index < -0.39 is 10.7 Å². The van der Waals surface area contributed by atoms with Gasteiger partial charge in [0.25, 0.3) is 5.69 Å². The van der Waals surface area contributed by atoms with Crippen LogP contribution in [0.4, 0.5) is 15.8 Å². The maximum Gasteiger partial charge on any atom is 0.293 e. The number of nitrogens with two attached hydrogens (primary N) is 1. The second-order valence-corrected chi connectivity index (χ2v) is 5.45. The maximum atomic E-state index is 13.7. The summed E-state index contributed by atoms with van der Waals surface area (Å²) in [5, 5.41) is 11.1. The Balaban J connectivity index is 2.47. The van der Waals surface area contributed by atoms with Crippen LogP contribution in [-0.4, -0.2) is 24.1 Å². The molecule has 1 aliphatic heterocycles. The molecule has 19 heavy (non-hydrogen) atoms. The molecule has 1 aliphatic rings. The van der Waals surface area contributed by atoms with E-state index in [2.05, 4.69) is 15.9 Å². The maximum absolute atomic E-state index is 13.7. The highest BCUT2D eigenvalue weighted by Gasteiger charge is 2.28. The van der Waals surface area contributed by atoms with Crippen LogP contribution < -0.4 is 10.6 Å². The lowest BCUT2D eigenvalue weighted by Gasteiger charge is -2.36. The van der Waals surface area contributed by atoms with Gasteiger partial charge < -0.3 is 10.6 Å². The van der Waals surface area contributed by atoms with Crippen molar-refractivity contribution in [2.75, 3.05) is 18.0 Å². The first-order chi connectivity index (χ1) is 9.04. The van der Waals surface area contributed by atoms with Crippen molar-refractivity contribution in [3.05, 3.63) is 32.5 Å². The number of nitro benzene ring substituents is 1. The number of anilines is 1. The lowest BCUT2D eigenvalue weighted by Crippen LogP contribution is -2.44. The summed E-state index contributed by atoms with van der Waals surface area (Å²) in [6.07, 6.45) is 2.86. The Hall–Kier alpha value is -1.21. The molecule has 104 valence electrons. The molecule has 1 saturated heterocycles. The van der Waals surface area contributed by atoms with Gasteiger partial charge in [0.15, 0.2) is 0 Å². The van der Waals surface area contributed by atoms with Crippen LogP contribution in [-0.2, 0) is 0 Å². The Morgan fingerprint density at radius 1 is 1.53 bits per heavy atom. The topological polar surface area (TPSA) is 72.4 Å². The molecule has 0 bridgehead atoms. The number of nitro groups is 1. The molecular formula is C12H15BrFN3O2. The second-order valence-electron chi connectivity index (χ2n) is 4.59. The fourth-order valence-electron chi connectivity index (χ4n) is 2.46. The highest BCUT2D eigenvalue weighted by molar-refractivity contribution is 9.10. The minimum Gasteiger partial charge on any atom is -0.362 e. The summed E-state index contributed by atoms with van der Waals surface area (Å²) in [6.45, 7) is 1.08. The van der Waals surface area contributed by atoms with Crippen molar-refractivity contribution in [3.8, 4) is 0 Å². The van der Waals surface area contributed by atoms with Gasteiger partial charge in [-0.05, 0) is 35.2 Å². The first-order valence-electron chi connectivity index (χ1n) is 6.14. The van der Waals surface area contributed by atoms with E-state index >= 15 is 0 Å². The smallest absolute Gasteiger partial charge is 0.293 e. The van der Waals surface area contributed by atoms with Crippen molar-refractivity contribution in [2.45, 2.75) is 25.3 Å². The Morgan fingerprint density at radius 3 is 2.89 bits per heavy atom. The summed E-state index contributed by atoms with van der Waals surface area (Å²) in [5.41, 5.74) is 5.94. The predicted molar refractivity (Wildman–Crippen MR) is 74.8 cm³/mol. The van der Waals surface area contributed by atoms with E-state index in [0.29, 0.717) is 18.8 Å². The largest absolute Gasteiger partial charge is 0.362 e. The van der Waals surface area contributed by atoms with Gasteiger partial charge in [-0.25, -0.2) is 4.39 Å². The van der Waals surface area contributed by atoms with Crippen molar-refractivity contribution in [1.82, 2.24) is 0 Å². The molecule has 2 rings (SSSR count). The molecule has 0 spiro atoms. The van der Waals surface area contributed by atoms with E-state index in [1.54, 1.807) is 0 Å². The standard InChI is InChI=1S/C12H15BrFN3O2/c13-9-5-12(17(18)19)11(6-10(9)14)16-4-2-1-3-8(16)7-15/h5-6,8H,1-4,7,15H2. The quantitative estimate of drug-likeness (QED) is 0.682. The first-order valence-corrected chi connectivity index (χ1v) is 6.94. The third-order valence-electron chi connectivity index (χ3n) is 3.42. The zero-order chi connectivity index (χ0) is 14.0. The van der Waals surface area contributed by atoms with E-state index in [4.69, 9.17) is 5.73 Å². The number of nitrogens with zero attached hydrogens (tertiary/aromatic N) is 2. The fraction of sp³-hybridized carbons (Fsp3) is 0.500. The number of halogens is 2. The van der Waals surface area contributed by atoms with Crippen LogP contribution in [0.15, 0.2) is 16.6 Å². The lowest BCUT2D eigenvalue weighted by molar-refractivity contribution is -0.384. The number of hydrogen-bond acceptors (Lipinski definition) is 4. The molecular weight excluding hydrogens is 317 g/mol. The number of hydrogen-bond donors (Lipinski definition) is 1. The summed E-state index contributed by atoms with van der Waals surface area (Å²) in [4.78, 5) is 12.5. The first kappa shape index (κ1) is 14.2. The summed E-state index contributed by atoms with van der Waals surface area (Å²) in [6, 6.07) is 2.47. The molecule has 0 aliphatic carbocycles. The van der Waals surface area contributed by atoms with E-state index in [1.165, 1.54) is 12.1 Å². The van der Waals surface area contributed by atoms with E-state index in [-0.39, 0.29) is 16.2 Å². The van der Waals surface area contributed by atoms with Crippen LogP contribution in [0, 0.1) is 15.9 Å². The molecule has 1 unspecified atom stereocenters. The molecule has 1 aromatic rings. The van der Waals surface area contributed by atoms with Gasteiger partial charge in [0, 0.05) is 31.3 Å². The Bertz CT molecular complexity index is 498. The van der Waals surface area contributed by atoms with E-state index in [9.17, 15) is 14.5 Å². The monoisotopic (exact) mass is 331 g/mol. The normalized spacial score (nSPS) is 19.5. The van der Waals surface area contributed by atoms with Gasteiger partial charge in [-0.1, -0.05) is 0 Å². The van der Waals surface area contributed by atoms with E-state index in [0.717, 1.165) is 19.3 Å². The highest BCUT2D eigenvalue weighted by Crippen LogP contribution is 2.36. The van der Waals surface area contributed by atoms with Crippen LogP contribution in [0.5, 0.6) is 0 Å². The number of piperidine rings is 1. The second kappa shape index (κ2) is 5.83. The third kappa shape index (κ3) is 2.87. The zero-order valence-corrected chi connectivity index (χ0v) is 11.9. The summed E-state index contributed by atoms with van der Waals surface area (Å²) < 4.78 is 13.8. The molecule has 1 heterocycles. The Kier molecular flexibility index (Phi) is 4.36. The fourth-order valence-corrected chi connectivity index (χ4v) is 2.80. The SMILES string of the molecule is NCC1CCCCN1c1cc(F)c(Br)cc1[N+](=O)[O-]. The van der Waals surface area contributed by atoms with Crippen molar-refractivity contribution < 1.29 is 9.31 Å². The van der Waals surface area contributed by atoms with Crippen molar-refractivity contribution in [3.63, 3.8) is 0 Å². The average Bonchev–Trinajstić information content (AvgIpc) is 2.41. The molecule has 1 aromatic carbocycles. The van der Waals surface area contributed by atoms with Gasteiger partial charge in [0.2, 0.25) is 0 Å². The average molecular weight is 332 g/mol. The van der Waals surface area contributed by atoms with Gasteiger partial charge in [-0.15, -0.1) is 0 Å². The van der Waals surface area contributed by atoms with Crippen LogP contribution in [0.25, 0.3) is 0 Å². The molecule has 0 saturated carbocycles. The van der Waals surface area contributed by atoms with Crippen LogP contribution >= 0.6 is 15.9 Å². The molecule has 1 atom stereocenters. The molecule has 0 radical (unpaired) electrons. The highest BCUT2D eigenvalue weighted by atomic mass is 79.9. The Morgan fingerprint density at radius 2 is 2.26 bits per heavy atom. The van der Waals surface area contributed by atoms with Crippen molar-refractivity contribution in [2.24, 2.45) is 5.73 Å². The van der Waals surface area contributed by atoms with Gasteiger partial charge in [-0.2, -0.15) is 0 Å². The summed E-state index contributed by atoms with van der Waals surface area (Å²) in [7, 11) is 0. The summed E-state index contributed by atoms with van der Waals surface area (Å²) in [5.74, 6) is -0.498. The number of rotatable bonds is 3. The third-order valence-corrected chi connectivity index (χ3v) is 4.03. The van der Waals surface area contributed by atoms with Gasteiger partial charge >= 0.3 is 0 Å². The lowest BCUT2D eigenvalue weighted by atomic mass is 10.0. The molecule has 7 heteroatoms. The molecule has 0 amide bonds. The molecule has 1 fully saturated rings. The molecule has 5 nitrogen and oxygen atoms in total. The van der Waals surface area contributed by atoms with Crippen LogP contribution in [0.1, 0.15) is 19.3 Å². The van der Waals surface area contributed by atoms with Crippen molar-refractivity contribution >= 4 is 27.3 Å². The van der Waals surface area contributed by atoms with Crippen LogP contribution in [0.2, 0.25) is 0 Å².